The number of hydrogen-bond acceptors (Lipinski definition) is 6. The van der Waals surface area contributed by atoms with Crippen molar-refractivity contribution in [1.82, 2.24) is 29.5 Å². The zero-order chi connectivity index (χ0) is 22.4. The Morgan fingerprint density at radius 2 is 1.97 bits per heavy atom. The van der Waals surface area contributed by atoms with Gasteiger partial charge in [0.2, 0.25) is 0 Å². The van der Waals surface area contributed by atoms with E-state index < -0.39 is 17.4 Å². The van der Waals surface area contributed by atoms with Gasteiger partial charge in [-0.1, -0.05) is 23.2 Å². The van der Waals surface area contributed by atoms with E-state index in [0.29, 0.717) is 39.0 Å². The van der Waals surface area contributed by atoms with Gasteiger partial charge in [-0.2, -0.15) is 0 Å². The van der Waals surface area contributed by atoms with E-state index in [9.17, 15) is 9.18 Å². The molecule has 32 heavy (non-hydrogen) atoms. The smallest absolute Gasteiger partial charge is 0.266 e. The quantitative estimate of drug-likeness (QED) is 0.396. The normalized spacial score (nSPS) is 12.4. The highest BCUT2D eigenvalue weighted by Crippen LogP contribution is 2.28. The van der Waals surface area contributed by atoms with Crippen LogP contribution in [0.2, 0.25) is 10.0 Å². The number of benzene rings is 2. The van der Waals surface area contributed by atoms with Crippen LogP contribution in [0.1, 0.15) is 18.8 Å². The summed E-state index contributed by atoms with van der Waals surface area (Å²) in [6.45, 7) is 1.82. The van der Waals surface area contributed by atoms with Crippen LogP contribution in [0, 0.1) is 5.82 Å². The van der Waals surface area contributed by atoms with E-state index in [1.165, 1.54) is 35.4 Å². The summed E-state index contributed by atoms with van der Waals surface area (Å²) < 4.78 is 15.2. The summed E-state index contributed by atoms with van der Waals surface area (Å²) in [6.07, 6.45) is 2.91. The minimum atomic E-state index is -0.536. The third kappa shape index (κ3) is 3.45. The molecule has 0 aliphatic rings. The van der Waals surface area contributed by atoms with Gasteiger partial charge in [-0.25, -0.2) is 24.3 Å². The summed E-state index contributed by atoms with van der Waals surface area (Å²) in [6, 6.07) is 8.13. The van der Waals surface area contributed by atoms with Crippen molar-refractivity contribution in [3.8, 4) is 5.69 Å². The molecule has 0 unspecified atom stereocenters. The first-order valence-corrected chi connectivity index (χ1v) is 10.3. The zero-order valence-corrected chi connectivity index (χ0v) is 18.0. The summed E-state index contributed by atoms with van der Waals surface area (Å²) in [7, 11) is 0. The van der Waals surface area contributed by atoms with Gasteiger partial charge in [0.1, 0.15) is 23.5 Å². The number of nitrogens with one attached hydrogen (secondary N) is 2. The summed E-state index contributed by atoms with van der Waals surface area (Å²) in [5, 5.41) is 4.03. The van der Waals surface area contributed by atoms with Gasteiger partial charge in [-0.15, -0.1) is 0 Å². The van der Waals surface area contributed by atoms with E-state index in [2.05, 4.69) is 30.2 Å². The molecule has 2 aromatic carbocycles. The molecule has 8 nitrogen and oxygen atoms in total. The second-order valence-electron chi connectivity index (χ2n) is 7.06. The van der Waals surface area contributed by atoms with Crippen molar-refractivity contribution in [2.45, 2.75) is 13.0 Å². The molecular weight excluding hydrogens is 456 g/mol. The third-order valence-electron chi connectivity index (χ3n) is 4.96. The lowest BCUT2D eigenvalue weighted by atomic mass is 10.2. The van der Waals surface area contributed by atoms with Gasteiger partial charge in [0.15, 0.2) is 11.5 Å². The number of halogens is 3. The Labute approximate surface area is 190 Å². The van der Waals surface area contributed by atoms with Crippen molar-refractivity contribution < 1.29 is 4.39 Å². The number of aromatic amines is 1. The molecule has 3 heterocycles. The van der Waals surface area contributed by atoms with Gasteiger partial charge in [0.25, 0.3) is 5.56 Å². The lowest BCUT2D eigenvalue weighted by molar-refractivity contribution is 0.629. The Hall–Kier alpha value is -3.56. The lowest BCUT2D eigenvalue weighted by Crippen LogP contribution is -2.27. The molecule has 0 radical (unpaired) electrons. The molecule has 5 aromatic rings. The average molecular weight is 470 g/mol. The van der Waals surface area contributed by atoms with E-state index in [-0.39, 0.29) is 10.4 Å². The second-order valence-corrected chi connectivity index (χ2v) is 7.90. The molecule has 0 saturated heterocycles. The number of H-pyrrole nitrogens is 1. The maximum absolute atomic E-state index is 13.9. The minimum Gasteiger partial charge on any atom is -0.358 e. The molecule has 0 saturated carbocycles. The van der Waals surface area contributed by atoms with Crippen molar-refractivity contribution >= 4 is 51.1 Å². The fourth-order valence-corrected chi connectivity index (χ4v) is 3.99. The highest BCUT2D eigenvalue weighted by Gasteiger charge is 2.21. The van der Waals surface area contributed by atoms with Crippen LogP contribution in [-0.4, -0.2) is 29.5 Å². The highest BCUT2D eigenvalue weighted by atomic mass is 35.5. The van der Waals surface area contributed by atoms with Crippen LogP contribution < -0.4 is 10.9 Å². The first-order valence-electron chi connectivity index (χ1n) is 9.50. The highest BCUT2D eigenvalue weighted by molar-refractivity contribution is 6.35. The molecule has 5 rings (SSSR count). The molecule has 0 aliphatic carbocycles. The number of fused-ring (bicyclic) bond motifs is 2. The first kappa shape index (κ1) is 20.3. The van der Waals surface area contributed by atoms with Crippen molar-refractivity contribution in [1.29, 1.82) is 0 Å². The molecule has 2 N–H and O–H groups in total. The van der Waals surface area contributed by atoms with Crippen LogP contribution in [0.4, 0.5) is 10.2 Å². The maximum atomic E-state index is 13.9. The Morgan fingerprint density at radius 3 is 2.78 bits per heavy atom. The Balaban J connectivity index is 1.73. The SMILES string of the molecule is C[C@@H](Nc1ncnc2[nH]cnc12)c1nc2ccc(F)cc2c(=O)n1-c1ccc(Cl)cc1Cl. The zero-order valence-electron chi connectivity index (χ0n) is 16.5. The number of anilines is 1. The Morgan fingerprint density at radius 1 is 1.12 bits per heavy atom. The molecule has 0 bridgehead atoms. The van der Waals surface area contributed by atoms with E-state index >= 15 is 0 Å². The van der Waals surface area contributed by atoms with Crippen LogP contribution in [0.3, 0.4) is 0 Å². The van der Waals surface area contributed by atoms with E-state index in [1.54, 1.807) is 12.1 Å². The number of aromatic nitrogens is 6. The topological polar surface area (TPSA) is 101 Å². The van der Waals surface area contributed by atoms with Crippen LogP contribution in [-0.2, 0) is 0 Å². The largest absolute Gasteiger partial charge is 0.358 e. The summed E-state index contributed by atoms with van der Waals surface area (Å²) in [5.41, 5.74) is 1.37. The van der Waals surface area contributed by atoms with Gasteiger partial charge in [-0.05, 0) is 43.3 Å². The van der Waals surface area contributed by atoms with Crippen molar-refractivity contribution in [3.63, 3.8) is 0 Å². The molecule has 0 spiro atoms. The number of nitrogens with zero attached hydrogens (tertiary/aromatic N) is 5. The molecule has 160 valence electrons. The van der Waals surface area contributed by atoms with Gasteiger partial charge < -0.3 is 10.3 Å². The standard InChI is InChI=1S/C21H14Cl2FN7O/c1-10(29-19-17-18(26-8-25-17)27-9-28-19)20-30-15-4-3-12(24)7-13(15)21(32)31(20)16-5-2-11(22)6-14(16)23/h2-10H,1H3,(H2,25,26,27,28,29)/t10-/m1/s1. The van der Waals surface area contributed by atoms with E-state index in [1.807, 2.05) is 6.92 Å². The number of rotatable bonds is 4. The van der Waals surface area contributed by atoms with Gasteiger partial charge in [0, 0.05) is 5.02 Å². The fraction of sp³-hybridized carbons (Fsp3) is 0.0952. The predicted molar refractivity (Wildman–Crippen MR) is 121 cm³/mol. The van der Waals surface area contributed by atoms with Crippen molar-refractivity contribution in [2.75, 3.05) is 5.32 Å². The number of hydrogen-bond donors (Lipinski definition) is 2. The van der Waals surface area contributed by atoms with E-state index in [0.717, 1.165) is 6.07 Å². The van der Waals surface area contributed by atoms with Crippen LogP contribution >= 0.6 is 23.2 Å². The first-order chi connectivity index (χ1) is 15.4. The minimum absolute atomic E-state index is 0.128. The summed E-state index contributed by atoms with van der Waals surface area (Å²) in [5.74, 6) is 0.276. The van der Waals surface area contributed by atoms with Gasteiger partial charge in [-0.3, -0.25) is 9.36 Å². The van der Waals surface area contributed by atoms with Crippen LogP contribution in [0.15, 0.2) is 53.8 Å². The molecule has 1 atom stereocenters. The van der Waals surface area contributed by atoms with Crippen LogP contribution in [0.25, 0.3) is 27.8 Å². The van der Waals surface area contributed by atoms with Crippen molar-refractivity contribution in [3.05, 3.63) is 81.1 Å². The average Bonchev–Trinajstić information content (AvgIpc) is 3.25. The molecule has 0 amide bonds. The molecule has 0 fully saturated rings. The third-order valence-corrected chi connectivity index (χ3v) is 5.50. The molecule has 11 heteroatoms. The molecule has 3 aromatic heterocycles. The fourth-order valence-electron chi connectivity index (χ4n) is 3.50. The maximum Gasteiger partial charge on any atom is 0.266 e. The van der Waals surface area contributed by atoms with Gasteiger partial charge in [0.05, 0.1) is 34.0 Å². The predicted octanol–water partition coefficient (Wildman–Crippen LogP) is 4.67. The van der Waals surface area contributed by atoms with E-state index in [4.69, 9.17) is 23.2 Å². The summed E-state index contributed by atoms with van der Waals surface area (Å²) in [4.78, 5) is 33.7. The molecular formula is C21H14Cl2FN7O. The monoisotopic (exact) mass is 469 g/mol. The van der Waals surface area contributed by atoms with Crippen molar-refractivity contribution in [2.24, 2.45) is 0 Å². The number of imidazole rings is 1. The molecule has 0 aliphatic heterocycles. The van der Waals surface area contributed by atoms with Crippen LogP contribution in [0.5, 0.6) is 0 Å². The summed E-state index contributed by atoms with van der Waals surface area (Å²) >= 11 is 12.5. The lowest BCUT2D eigenvalue weighted by Gasteiger charge is -2.20. The Bertz CT molecular complexity index is 1550. The van der Waals surface area contributed by atoms with Gasteiger partial charge >= 0.3 is 0 Å². The Kier molecular flexibility index (Phi) is 4.99. The second kappa shape index (κ2) is 7.85.